The first-order valence-corrected chi connectivity index (χ1v) is 10.0. The van der Waals surface area contributed by atoms with E-state index in [-0.39, 0.29) is 18.1 Å². The van der Waals surface area contributed by atoms with Gasteiger partial charge >= 0.3 is 5.97 Å². The van der Waals surface area contributed by atoms with Gasteiger partial charge in [-0.3, -0.25) is 19.3 Å². The molecule has 6 nitrogen and oxygen atoms in total. The molecule has 8 heteroatoms. The van der Waals surface area contributed by atoms with Crippen LogP contribution >= 0.6 is 23.4 Å². The quantitative estimate of drug-likeness (QED) is 0.474. The van der Waals surface area contributed by atoms with Crippen LogP contribution in [0.4, 0.5) is 4.79 Å². The zero-order chi connectivity index (χ0) is 20.8. The number of benzene rings is 2. The second kappa shape index (κ2) is 9.62. The Bertz CT molecular complexity index is 958. The van der Waals surface area contributed by atoms with Crippen LogP contribution < -0.4 is 4.74 Å². The largest absolute Gasteiger partial charge is 0.489 e. The summed E-state index contributed by atoms with van der Waals surface area (Å²) in [6.45, 7) is 1.81. The highest BCUT2D eigenvalue weighted by Crippen LogP contribution is 2.32. The molecule has 0 aromatic heterocycles. The van der Waals surface area contributed by atoms with Crippen molar-refractivity contribution in [2.75, 3.05) is 13.2 Å². The Hall–Kier alpha value is -2.77. The molecule has 3 rings (SSSR count). The van der Waals surface area contributed by atoms with E-state index >= 15 is 0 Å². The van der Waals surface area contributed by atoms with Gasteiger partial charge in [0.05, 0.1) is 11.5 Å². The number of amides is 2. The van der Waals surface area contributed by atoms with E-state index in [0.717, 1.165) is 27.8 Å². The average molecular weight is 432 g/mol. The number of esters is 1. The summed E-state index contributed by atoms with van der Waals surface area (Å²) in [6, 6.07) is 14.5. The number of carbonyl (C=O) groups is 3. The van der Waals surface area contributed by atoms with Crippen LogP contribution in [0.3, 0.4) is 0 Å². The summed E-state index contributed by atoms with van der Waals surface area (Å²) in [5, 5.41) is 0.150. The number of ether oxygens (including phenoxy) is 2. The van der Waals surface area contributed by atoms with Gasteiger partial charge in [-0.2, -0.15) is 0 Å². The number of hydrogen-bond acceptors (Lipinski definition) is 6. The smallest absolute Gasteiger partial charge is 0.326 e. The highest BCUT2D eigenvalue weighted by molar-refractivity contribution is 8.18. The third-order valence-electron chi connectivity index (χ3n) is 4.00. The summed E-state index contributed by atoms with van der Waals surface area (Å²) in [5.74, 6) is -0.472. The van der Waals surface area contributed by atoms with E-state index in [1.807, 2.05) is 18.2 Å². The number of imide groups is 1. The number of carbonyl (C=O) groups excluding carboxylic acids is 3. The van der Waals surface area contributed by atoms with Gasteiger partial charge in [-0.15, -0.1) is 0 Å². The lowest BCUT2D eigenvalue weighted by molar-refractivity contribution is -0.145. The van der Waals surface area contributed by atoms with Crippen LogP contribution in [0.25, 0.3) is 6.08 Å². The summed E-state index contributed by atoms with van der Waals surface area (Å²) >= 11 is 6.91. The topological polar surface area (TPSA) is 72.9 Å². The van der Waals surface area contributed by atoms with Crippen LogP contribution in [0, 0.1) is 0 Å². The van der Waals surface area contributed by atoms with E-state index in [0.29, 0.717) is 17.4 Å². The fourth-order valence-corrected chi connectivity index (χ4v) is 3.59. The van der Waals surface area contributed by atoms with Crippen molar-refractivity contribution in [2.24, 2.45) is 0 Å². The van der Waals surface area contributed by atoms with Gasteiger partial charge in [0.2, 0.25) is 0 Å². The molecule has 0 unspecified atom stereocenters. The first-order chi connectivity index (χ1) is 14.0. The van der Waals surface area contributed by atoms with Crippen LogP contribution in [0.5, 0.6) is 5.75 Å². The lowest BCUT2D eigenvalue weighted by Crippen LogP contribution is -2.34. The SMILES string of the molecule is CCOC(=O)CN1C(=O)S/C(=C/c2ccc(OCc3ccccc3Cl)cc2)C1=O. The summed E-state index contributed by atoms with van der Waals surface area (Å²) in [7, 11) is 0. The second-order valence-electron chi connectivity index (χ2n) is 6.02. The van der Waals surface area contributed by atoms with Crippen molar-refractivity contribution in [3.05, 3.63) is 69.6 Å². The molecule has 0 saturated carbocycles. The van der Waals surface area contributed by atoms with Crippen molar-refractivity contribution in [3.63, 3.8) is 0 Å². The second-order valence-corrected chi connectivity index (χ2v) is 7.42. The van der Waals surface area contributed by atoms with Gasteiger partial charge in [-0.25, -0.2) is 0 Å². The monoisotopic (exact) mass is 431 g/mol. The molecule has 2 aromatic carbocycles. The Morgan fingerprint density at radius 2 is 1.86 bits per heavy atom. The van der Waals surface area contributed by atoms with Gasteiger partial charge in [0.15, 0.2) is 0 Å². The molecule has 29 heavy (non-hydrogen) atoms. The zero-order valence-electron chi connectivity index (χ0n) is 15.6. The molecule has 150 valence electrons. The molecule has 0 aliphatic carbocycles. The molecule has 1 heterocycles. The average Bonchev–Trinajstić information content (AvgIpc) is 2.96. The Labute approximate surface area is 177 Å². The van der Waals surface area contributed by atoms with E-state index in [1.165, 1.54) is 0 Å². The molecule has 2 amide bonds. The van der Waals surface area contributed by atoms with E-state index in [9.17, 15) is 14.4 Å². The van der Waals surface area contributed by atoms with Gasteiger partial charge in [-0.05, 0) is 48.5 Å². The van der Waals surface area contributed by atoms with Crippen molar-refractivity contribution in [2.45, 2.75) is 13.5 Å². The van der Waals surface area contributed by atoms with E-state index in [2.05, 4.69) is 0 Å². The number of rotatable bonds is 7. The molecule has 1 saturated heterocycles. The molecular weight excluding hydrogens is 414 g/mol. The maximum absolute atomic E-state index is 12.4. The van der Waals surface area contributed by atoms with Crippen LogP contribution in [0.15, 0.2) is 53.4 Å². The molecule has 0 N–H and O–H groups in total. The summed E-state index contributed by atoms with van der Waals surface area (Å²) < 4.78 is 10.5. The molecule has 0 radical (unpaired) electrons. The molecule has 2 aromatic rings. The highest BCUT2D eigenvalue weighted by atomic mass is 35.5. The number of hydrogen-bond donors (Lipinski definition) is 0. The molecule has 1 aliphatic heterocycles. The van der Waals surface area contributed by atoms with Crippen molar-refractivity contribution in [1.82, 2.24) is 4.90 Å². The fourth-order valence-electron chi connectivity index (χ4n) is 2.56. The molecule has 0 spiro atoms. The van der Waals surface area contributed by atoms with Crippen molar-refractivity contribution in [3.8, 4) is 5.75 Å². The lowest BCUT2D eigenvalue weighted by Gasteiger charge is -2.10. The van der Waals surface area contributed by atoms with Gasteiger partial charge in [0, 0.05) is 10.6 Å². The molecule has 0 atom stereocenters. The Balaban J connectivity index is 1.63. The summed E-state index contributed by atoms with van der Waals surface area (Å²) in [5.41, 5.74) is 1.62. The third-order valence-corrected chi connectivity index (χ3v) is 5.27. The predicted octanol–water partition coefficient (Wildman–Crippen LogP) is 4.52. The molecular formula is C21H18ClNO5S. The first kappa shape index (κ1) is 21.0. The normalized spacial score (nSPS) is 15.1. The van der Waals surface area contributed by atoms with Gasteiger partial charge in [-0.1, -0.05) is 41.9 Å². The number of thioether (sulfide) groups is 1. The Morgan fingerprint density at radius 1 is 1.14 bits per heavy atom. The number of nitrogens with zero attached hydrogens (tertiary/aromatic N) is 1. The summed E-state index contributed by atoms with van der Waals surface area (Å²) in [6.07, 6.45) is 1.61. The summed E-state index contributed by atoms with van der Waals surface area (Å²) in [4.78, 5) is 37.1. The molecule has 0 bridgehead atoms. The van der Waals surface area contributed by atoms with Gasteiger partial charge in [0.1, 0.15) is 18.9 Å². The fraction of sp³-hybridized carbons (Fsp3) is 0.190. The van der Waals surface area contributed by atoms with Crippen molar-refractivity contribution < 1.29 is 23.9 Å². The standard InChI is InChI=1S/C21H18ClNO5S/c1-2-27-19(24)12-23-20(25)18(29-21(23)26)11-14-7-9-16(10-8-14)28-13-15-5-3-4-6-17(15)22/h3-11H,2,12-13H2,1H3/b18-11+. The van der Waals surface area contributed by atoms with Crippen LogP contribution in [-0.4, -0.2) is 35.2 Å². The molecule has 1 fully saturated rings. The number of halogens is 1. The van der Waals surface area contributed by atoms with Crippen molar-refractivity contribution >= 4 is 46.6 Å². The van der Waals surface area contributed by atoms with E-state index in [4.69, 9.17) is 21.1 Å². The predicted molar refractivity (Wildman–Crippen MR) is 112 cm³/mol. The maximum atomic E-state index is 12.4. The first-order valence-electron chi connectivity index (χ1n) is 8.85. The van der Waals surface area contributed by atoms with Crippen LogP contribution in [0.1, 0.15) is 18.1 Å². The minimum atomic E-state index is -0.615. The lowest BCUT2D eigenvalue weighted by atomic mass is 10.2. The third kappa shape index (κ3) is 5.40. The Kier molecular flexibility index (Phi) is 6.95. The minimum absolute atomic E-state index is 0.190. The van der Waals surface area contributed by atoms with Crippen molar-refractivity contribution in [1.29, 1.82) is 0 Å². The maximum Gasteiger partial charge on any atom is 0.326 e. The van der Waals surface area contributed by atoms with Gasteiger partial charge in [0.25, 0.3) is 11.1 Å². The van der Waals surface area contributed by atoms with Crippen LogP contribution in [-0.2, 0) is 20.9 Å². The van der Waals surface area contributed by atoms with E-state index < -0.39 is 17.1 Å². The zero-order valence-corrected chi connectivity index (χ0v) is 17.2. The highest BCUT2D eigenvalue weighted by Gasteiger charge is 2.36. The Morgan fingerprint density at radius 3 is 2.55 bits per heavy atom. The molecule has 1 aliphatic rings. The van der Waals surface area contributed by atoms with Gasteiger partial charge < -0.3 is 9.47 Å². The van der Waals surface area contributed by atoms with Crippen LogP contribution in [0.2, 0.25) is 5.02 Å². The van der Waals surface area contributed by atoms with E-state index in [1.54, 1.807) is 43.3 Å². The minimum Gasteiger partial charge on any atom is -0.489 e.